The highest BCUT2D eigenvalue weighted by Gasteiger charge is 2.24. The molecular weight excluding hydrogens is 257 g/mol. The summed E-state index contributed by atoms with van der Waals surface area (Å²) in [5.74, 6) is -1.88. The third-order valence-electron chi connectivity index (χ3n) is 2.45. The van der Waals surface area contributed by atoms with E-state index >= 15 is 0 Å². The number of aliphatic hydroxyl groups excluding tert-OH is 2. The molecule has 0 amide bonds. The van der Waals surface area contributed by atoms with Crippen molar-refractivity contribution in [1.82, 2.24) is 0 Å². The topological polar surface area (TPSA) is 116 Å². The third-order valence-corrected chi connectivity index (χ3v) is 2.45. The average Bonchev–Trinajstić information content (AvgIpc) is 2.43. The molecule has 0 aliphatic rings. The van der Waals surface area contributed by atoms with E-state index in [1.165, 1.54) is 18.2 Å². The molecule has 0 aromatic heterocycles. The lowest BCUT2D eigenvalue weighted by Gasteiger charge is -2.17. The van der Waals surface area contributed by atoms with Crippen molar-refractivity contribution in [2.24, 2.45) is 5.11 Å². The highest BCUT2D eigenvalue weighted by Crippen LogP contribution is 2.23. The predicted octanol–water partition coefficient (Wildman–Crippen LogP) is 1.32. The van der Waals surface area contributed by atoms with Gasteiger partial charge in [-0.1, -0.05) is 17.2 Å². The molecule has 0 fully saturated rings. The number of hydrogen-bond acceptors (Lipinski definition) is 5. The summed E-state index contributed by atoms with van der Waals surface area (Å²) in [6.07, 6.45) is -3.09. The van der Waals surface area contributed by atoms with Crippen LogP contribution in [0.3, 0.4) is 0 Å². The number of carbonyl (C=O) groups excluding carboxylic acids is 1. The zero-order valence-electron chi connectivity index (χ0n) is 10.0. The maximum Gasteiger partial charge on any atom is 0.340 e. The Kier molecular flexibility index (Phi) is 5.25. The number of carbonyl (C=O) groups is 1. The molecule has 0 aliphatic heterocycles. The Morgan fingerprint density at radius 1 is 1.58 bits per heavy atom. The SMILES string of the molecule is COC(=O)c1cccc(C(O)C(O)CN=[N+]=[N-])c1F. The Balaban J connectivity index is 3.07. The van der Waals surface area contributed by atoms with Crippen LogP contribution in [-0.4, -0.2) is 35.9 Å². The predicted molar refractivity (Wildman–Crippen MR) is 62.7 cm³/mol. The first-order chi connectivity index (χ1) is 9.02. The summed E-state index contributed by atoms with van der Waals surface area (Å²) in [4.78, 5) is 13.7. The Labute approximate surface area is 107 Å². The fraction of sp³-hybridized carbons (Fsp3) is 0.364. The minimum absolute atomic E-state index is 0.275. The molecule has 1 aromatic carbocycles. The van der Waals surface area contributed by atoms with Crippen molar-refractivity contribution in [3.8, 4) is 0 Å². The molecule has 0 spiro atoms. The molecule has 19 heavy (non-hydrogen) atoms. The van der Waals surface area contributed by atoms with Crippen LogP contribution in [0.2, 0.25) is 0 Å². The van der Waals surface area contributed by atoms with Gasteiger partial charge in [0.2, 0.25) is 0 Å². The van der Waals surface area contributed by atoms with Gasteiger partial charge in [0.25, 0.3) is 0 Å². The van der Waals surface area contributed by atoms with Crippen molar-refractivity contribution >= 4 is 5.97 Å². The zero-order valence-corrected chi connectivity index (χ0v) is 10.0. The van der Waals surface area contributed by atoms with Crippen LogP contribution in [-0.2, 0) is 4.74 Å². The van der Waals surface area contributed by atoms with Gasteiger partial charge < -0.3 is 14.9 Å². The number of esters is 1. The van der Waals surface area contributed by atoms with E-state index in [1.54, 1.807) is 0 Å². The summed E-state index contributed by atoms with van der Waals surface area (Å²) < 4.78 is 18.4. The zero-order chi connectivity index (χ0) is 14.4. The van der Waals surface area contributed by atoms with E-state index in [0.717, 1.165) is 7.11 Å². The summed E-state index contributed by atoms with van der Waals surface area (Å²) in [5.41, 5.74) is 7.47. The van der Waals surface area contributed by atoms with Crippen LogP contribution in [0.25, 0.3) is 10.4 Å². The molecule has 1 aromatic rings. The van der Waals surface area contributed by atoms with Gasteiger partial charge in [0.1, 0.15) is 11.9 Å². The monoisotopic (exact) mass is 269 g/mol. The molecule has 0 aliphatic carbocycles. The Bertz CT molecular complexity index is 517. The molecule has 8 heteroatoms. The fourth-order valence-corrected chi connectivity index (χ4v) is 1.47. The minimum atomic E-state index is -1.62. The van der Waals surface area contributed by atoms with Crippen molar-refractivity contribution in [2.75, 3.05) is 13.7 Å². The number of benzene rings is 1. The van der Waals surface area contributed by atoms with E-state index in [4.69, 9.17) is 5.53 Å². The highest BCUT2D eigenvalue weighted by molar-refractivity contribution is 5.89. The first kappa shape index (κ1) is 14.9. The van der Waals surface area contributed by atoms with Gasteiger partial charge in [-0.25, -0.2) is 9.18 Å². The summed E-state index contributed by atoms with van der Waals surface area (Å²) in [7, 11) is 1.10. The molecule has 0 saturated heterocycles. The lowest BCUT2D eigenvalue weighted by atomic mass is 10.0. The maximum absolute atomic E-state index is 14.0. The first-order valence-electron chi connectivity index (χ1n) is 5.26. The second kappa shape index (κ2) is 6.69. The van der Waals surface area contributed by atoms with Crippen LogP contribution >= 0.6 is 0 Å². The molecule has 0 radical (unpaired) electrons. The number of aliphatic hydroxyl groups is 2. The van der Waals surface area contributed by atoms with Gasteiger partial charge >= 0.3 is 5.97 Å². The first-order valence-corrected chi connectivity index (χ1v) is 5.26. The van der Waals surface area contributed by atoms with Crippen LogP contribution in [0.4, 0.5) is 4.39 Å². The van der Waals surface area contributed by atoms with Crippen LogP contribution in [0.15, 0.2) is 23.3 Å². The molecule has 2 N–H and O–H groups in total. The third kappa shape index (κ3) is 3.41. The Hall–Kier alpha value is -2.15. The lowest BCUT2D eigenvalue weighted by Crippen LogP contribution is -2.23. The van der Waals surface area contributed by atoms with Crippen molar-refractivity contribution in [2.45, 2.75) is 12.2 Å². The summed E-state index contributed by atoms with van der Waals surface area (Å²) >= 11 is 0. The minimum Gasteiger partial charge on any atom is -0.465 e. The molecule has 0 heterocycles. The van der Waals surface area contributed by atoms with Gasteiger partial charge in [-0.15, -0.1) is 0 Å². The summed E-state index contributed by atoms with van der Waals surface area (Å²) in [5, 5.41) is 22.3. The van der Waals surface area contributed by atoms with Crippen LogP contribution < -0.4 is 0 Å². The van der Waals surface area contributed by atoms with Gasteiger partial charge in [0.15, 0.2) is 0 Å². The number of azide groups is 1. The maximum atomic E-state index is 14.0. The molecule has 102 valence electrons. The van der Waals surface area contributed by atoms with Crippen molar-refractivity contribution in [3.05, 3.63) is 45.6 Å². The lowest BCUT2D eigenvalue weighted by molar-refractivity contribution is 0.0220. The number of hydrogen-bond donors (Lipinski definition) is 2. The Morgan fingerprint density at radius 3 is 2.84 bits per heavy atom. The highest BCUT2D eigenvalue weighted by atomic mass is 19.1. The quantitative estimate of drug-likeness (QED) is 0.363. The number of nitrogens with zero attached hydrogens (tertiary/aromatic N) is 3. The molecular formula is C11H12FN3O4. The van der Waals surface area contributed by atoms with Gasteiger partial charge in [0.05, 0.1) is 25.3 Å². The van der Waals surface area contributed by atoms with E-state index < -0.39 is 30.5 Å². The van der Waals surface area contributed by atoms with E-state index in [0.29, 0.717) is 0 Å². The standard InChI is InChI=1S/C11H12FN3O4/c1-19-11(18)7-4-2-3-6(9(7)12)10(17)8(16)5-14-15-13/h2-4,8,10,16-17H,5H2,1H3. The largest absolute Gasteiger partial charge is 0.465 e. The van der Waals surface area contributed by atoms with E-state index in [1.807, 2.05) is 0 Å². The van der Waals surface area contributed by atoms with E-state index in [2.05, 4.69) is 14.8 Å². The normalized spacial score (nSPS) is 13.3. The average molecular weight is 269 g/mol. The van der Waals surface area contributed by atoms with Crippen molar-refractivity contribution in [1.29, 1.82) is 0 Å². The van der Waals surface area contributed by atoms with Crippen LogP contribution in [0.5, 0.6) is 0 Å². The molecule has 1 rings (SSSR count). The van der Waals surface area contributed by atoms with Crippen molar-refractivity contribution < 1.29 is 24.1 Å². The van der Waals surface area contributed by atoms with E-state index in [-0.39, 0.29) is 11.1 Å². The van der Waals surface area contributed by atoms with Gasteiger partial charge in [-0.05, 0) is 11.6 Å². The van der Waals surface area contributed by atoms with Gasteiger partial charge in [0, 0.05) is 10.5 Å². The van der Waals surface area contributed by atoms with Gasteiger partial charge in [-0.3, -0.25) is 0 Å². The molecule has 0 saturated carbocycles. The number of rotatable bonds is 5. The molecule has 7 nitrogen and oxygen atoms in total. The number of methoxy groups -OCH3 is 1. The van der Waals surface area contributed by atoms with Crippen LogP contribution in [0.1, 0.15) is 22.0 Å². The second-order valence-electron chi connectivity index (χ2n) is 3.63. The van der Waals surface area contributed by atoms with Gasteiger partial charge in [-0.2, -0.15) is 0 Å². The number of ether oxygens (including phenoxy) is 1. The van der Waals surface area contributed by atoms with Crippen LogP contribution in [0, 0.1) is 5.82 Å². The number of halogens is 1. The fourth-order valence-electron chi connectivity index (χ4n) is 1.47. The van der Waals surface area contributed by atoms with Crippen molar-refractivity contribution in [3.63, 3.8) is 0 Å². The molecule has 2 atom stereocenters. The van der Waals surface area contributed by atoms with E-state index in [9.17, 15) is 19.4 Å². The second-order valence-corrected chi connectivity index (χ2v) is 3.63. The summed E-state index contributed by atoms with van der Waals surface area (Å²) in [6.45, 7) is -0.417. The Morgan fingerprint density at radius 2 is 2.26 bits per heavy atom. The summed E-state index contributed by atoms with van der Waals surface area (Å²) in [6, 6.07) is 3.75. The molecule has 0 bridgehead atoms. The smallest absolute Gasteiger partial charge is 0.340 e. The molecule has 2 unspecified atom stereocenters.